The number of rotatable bonds is 10. The highest BCUT2D eigenvalue weighted by Gasteiger charge is 2.21. The molecule has 4 aromatic rings. The Morgan fingerprint density at radius 3 is 2.43 bits per heavy atom. The van der Waals surface area contributed by atoms with Crippen LogP contribution in [0.25, 0.3) is 10.9 Å². The Labute approximate surface area is 231 Å². The summed E-state index contributed by atoms with van der Waals surface area (Å²) in [6, 6.07) is 24.4. The fourth-order valence-electron chi connectivity index (χ4n) is 4.71. The van der Waals surface area contributed by atoms with Gasteiger partial charge >= 0.3 is 0 Å². The molecule has 0 atom stereocenters. The van der Waals surface area contributed by atoms with Gasteiger partial charge in [-0.05, 0) is 98.0 Å². The zero-order valence-corrected chi connectivity index (χ0v) is 23.3. The highest BCUT2D eigenvalue weighted by atomic mass is 79.9. The zero-order valence-electron chi connectivity index (χ0n) is 20.9. The first-order valence-corrected chi connectivity index (χ1v) is 14.3. The van der Waals surface area contributed by atoms with Gasteiger partial charge in [-0.1, -0.05) is 34.1 Å². The van der Waals surface area contributed by atoms with Crippen molar-refractivity contribution in [3.8, 4) is 5.75 Å². The van der Waals surface area contributed by atoms with E-state index in [4.69, 9.17) is 14.7 Å². The second-order valence-electron chi connectivity index (χ2n) is 9.44. The molecule has 0 aliphatic heterocycles. The van der Waals surface area contributed by atoms with Crippen LogP contribution >= 0.6 is 27.9 Å². The number of benzene rings is 3. The quantitative estimate of drug-likeness (QED) is 0.167. The molecular weight excluding hydrogens is 546 g/mol. The monoisotopic (exact) mass is 577 g/mol. The largest absolute Gasteiger partial charge is 0.497 e. The smallest absolute Gasteiger partial charge is 0.225 e. The van der Waals surface area contributed by atoms with Crippen LogP contribution in [0, 0.1) is 11.8 Å². The molecule has 8 heteroatoms. The summed E-state index contributed by atoms with van der Waals surface area (Å²) in [5, 5.41) is 7.98. The number of nitrogens with one attached hydrogen (secondary N) is 3. The Bertz CT molecular complexity index is 1310. The number of fused-ring (bicyclic) bond motifs is 1. The SMILES string of the molecule is COc1cccc(Nc2nc(NCC3CCC(CNSc4ccc(Br)cc4)CC3)nc3ccccc23)c1. The summed E-state index contributed by atoms with van der Waals surface area (Å²) in [5.74, 6) is 3.63. The molecule has 0 unspecified atom stereocenters. The van der Waals surface area contributed by atoms with Crippen molar-refractivity contribution in [2.45, 2.75) is 30.6 Å². The maximum Gasteiger partial charge on any atom is 0.225 e. The van der Waals surface area contributed by atoms with Crippen molar-refractivity contribution >= 4 is 56.2 Å². The van der Waals surface area contributed by atoms with Gasteiger partial charge in [-0.25, -0.2) is 4.98 Å². The van der Waals surface area contributed by atoms with Gasteiger partial charge in [0.15, 0.2) is 0 Å². The van der Waals surface area contributed by atoms with Crippen LogP contribution in [0.3, 0.4) is 0 Å². The van der Waals surface area contributed by atoms with Gasteiger partial charge in [0.1, 0.15) is 11.6 Å². The predicted octanol–water partition coefficient (Wildman–Crippen LogP) is 7.66. The number of halogens is 1. The summed E-state index contributed by atoms with van der Waals surface area (Å²) in [7, 11) is 1.67. The lowest BCUT2D eigenvalue weighted by atomic mass is 9.82. The molecule has 1 aliphatic carbocycles. The van der Waals surface area contributed by atoms with Gasteiger partial charge in [0, 0.05) is 39.6 Å². The van der Waals surface area contributed by atoms with Crippen LogP contribution in [-0.4, -0.2) is 30.2 Å². The van der Waals surface area contributed by atoms with Gasteiger partial charge < -0.3 is 15.4 Å². The molecule has 1 aromatic heterocycles. The van der Waals surface area contributed by atoms with Crippen LogP contribution in [-0.2, 0) is 0 Å². The van der Waals surface area contributed by atoms with Gasteiger partial charge in [-0.15, -0.1) is 0 Å². The van der Waals surface area contributed by atoms with Gasteiger partial charge in [0.2, 0.25) is 5.95 Å². The van der Waals surface area contributed by atoms with E-state index in [2.05, 4.69) is 55.6 Å². The van der Waals surface area contributed by atoms with E-state index >= 15 is 0 Å². The summed E-state index contributed by atoms with van der Waals surface area (Å²) < 4.78 is 10.0. The standard InChI is InChI=1S/C29H32BrN5OS/c1-36-24-6-4-5-23(17-24)33-28-26-7-2-3-8-27(26)34-29(35-28)31-18-20-9-11-21(12-10-20)19-32-37-25-15-13-22(30)14-16-25/h2-8,13-17,20-21,32H,9-12,18-19H2,1H3,(H2,31,33,34,35). The summed E-state index contributed by atoms with van der Waals surface area (Å²) in [6.45, 7) is 1.94. The molecule has 0 saturated heterocycles. The Balaban J connectivity index is 1.14. The van der Waals surface area contributed by atoms with Crippen molar-refractivity contribution in [3.05, 3.63) is 77.3 Å². The van der Waals surface area contributed by atoms with Gasteiger partial charge in [-0.3, -0.25) is 4.72 Å². The minimum absolute atomic E-state index is 0.639. The molecule has 0 spiro atoms. The molecule has 0 amide bonds. The van der Waals surface area contributed by atoms with Crippen molar-refractivity contribution in [2.24, 2.45) is 11.8 Å². The topological polar surface area (TPSA) is 71.1 Å². The van der Waals surface area contributed by atoms with E-state index in [1.807, 2.05) is 48.5 Å². The Hall–Kier alpha value is -2.81. The third-order valence-corrected chi connectivity index (χ3v) is 8.17. The Morgan fingerprint density at radius 2 is 1.65 bits per heavy atom. The number of aromatic nitrogens is 2. The lowest BCUT2D eigenvalue weighted by Gasteiger charge is -2.28. The summed E-state index contributed by atoms with van der Waals surface area (Å²) >= 11 is 5.21. The minimum atomic E-state index is 0.639. The molecule has 1 heterocycles. The van der Waals surface area contributed by atoms with Crippen molar-refractivity contribution in [2.75, 3.05) is 30.8 Å². The second-order valence-corrected chi connectivity index (χ2v) is 11.3. The fourth-order valence-corrected chi connectivity index (χ4v) is 5.73. The summed E-state index contributed by atoms with van der Waals surface area (Å²) in [4.78, 5) is 10.9. The van der Waals surface area contributed by atoms with E-state index in [-0.39, 0.29) is 0 Å². The number of hydrogen-bond donors (Lipinski definition) is 3. The fraction of sp³-hybridized carbons (Fsp3) is 0.310. The van der Waals surface area contributed by atoms with Crippen LogP contribution in [0.2, 0.25) is 0 Å². The molecule has 5 rings (SSSR count). The first-order valence-electron chi connectivity index (χ1n) is 12.7. The molecule has 3 aromatic carbocycles. The third kappa shape index (κ3) is 7.15. The average molecular weight is 579 g/mol. The van der Waals surface area contributed by atoms with E-state index in [1.54, 1.807) is 19.1 Å². The molecule has 37 heavy (non-hydrogen) atoms. The molecule has 192 valence electrons. The van der Waals surface area contributed by atoms with Gasteiger partial charge in [-0.2, -0.15) is 4.98 Å². The van der Waals surface area contributed by atoms with Crippen molar-refractivity contribution < 1.29 is 4.74 Å². The molecule has 1 aliphatic rings. The van der Waals surface area contributed by atoms with E-state index in [0.29, 0.717) is 11.9 Å². The number of hydrogen-bond acceptors (Lipinski definition) is 7. The maximum atomic E-state index is 5.37. The van der Waals surface area contributed by atoms with Crippen LogP contribution in [0.5, 0.6) is 5.75 Å². The summed E-state index contributed by atoms with van der Waals surface area (Å²) in [6.07, 6.45) is 4.96. The maximum absolute atomic E-state index is 5.37. The molecule has 3 N–H and O–H groups in total. The number of methoxy groups -OCH3 is 1. The van der Waals surface area contributed by atoms with Gasteiger partial charge in [0.25, 0.3) is 0 Å². The van der Waals surface area contributed by atoms with Crippen molar-refractivity contribution in [1.82, 2.24) is 14.7 Å². The average Bonchev–Trinajstić information content (AvgIpc) is 2.94. The summed E-state index contributed by atoms with van der Waals surface area (Å²) in [5.41, 5.74) is 1.85. The van der Waals surface area contributed by atoms with E-state index in [9.17, 15) is 0 Å². The Kier molecular flexibility index (Phi) is 8.81. The molecule has 1 fully saturated rings. The first kappa shape index (κ1) is 25.8. The number of ether oxygens (including phenoxy) is 1. The van der Waals surface area contributed by atoms with Crippen molar-refractivity contribution in [3.63, 3.8) is 0 Å². The van der Waals surface area contributed by atoms with Gasteiger partial charge in [0.05, 0.1) is 12.6 Å². The van der Waals surface area contributed by atoms with Crippen molar-refractivity contribution in [1.29, 1.82) is 0 Å². The zero-order chi connectivity index (χ0) is 25.5. The lowest BCUT2D eigenvalue weighted by Crippen LogP contribution is -2.26. The highest BCUT2D eigenvalue weighted by molar-refractivity contribution is 9.10. The molecule has 6 nitrogen and oxygen atoms in total. The van der Waals surface area contributed by atoms with E-state index in [1.165, 1.54) is 30.6 Å². The number of anilines is 3. The number of nitrogens with zero attached hydrogens (tertiary/aromatic N) is 2. The number of para-hydroxylation sites is 1. The molecule has 1 saturated carbocycles. The van der Waals surface area contributed by atoms with Crippen LogP contribution in [0.4, 0.5) is 17.5 Å². The molecular formula is C29H32BrN5OS. The van der Waals surface area contributed by atoms with Crippen LogP contribution < -0.4 is 20.1 Å². The Morgan fingerprint density at radius 1 is 0.892 bits per heavy atom. The lowest BCUT2D eigenvalue weighted by molar-refractivity contribution is 0.285. The van der Waals surface area contributed by atoms with Crippen LogP contribution in [0.15, 0.2) is 82.2 Å². The van der Waals surface area contributed by atoms with Crippen LogP contribution in [0.1, 0.15) is 25.7 Å². The first-order chi connectivity index (χ1) is 18.2. The minimum Gasteiger partial charge on any atom is -0.497 e. The normalized spacial score (nSPS) is 17.5. The molecule has 0 bridgehead atoms. The molecule has 0 radical (unpaired) electrons. The predicted molar refractivity (Wildman–Crippen MR) is 158 cm³/mol. The highest BCUT2D eigenvalue weighted by Crippen LogP contribution is 2.31. The van der Waals surface area contributed by atoms with E-state index < -0.39 is 0 Å². The van der Waals surface area contributed by atoms with E-state index in [0.717, 1.165) is 51.6 Å². The second kappa shape index (κ2) is 12.6. The third-order valence-electron chi connectivity index (χ3n) is 6.83.